The van der Waals surface area contributed by atoms with Crippen LogP contribution in [0.15, 0.2) is 0 Å². The summed E-state index contributed by atoms with van der Waals surface area (Å²) in [4.78, 5) is 40.1. The monoisotopic (exact) mass is 359 g/mol. The van der Waals surface area contributed by atoms with E-state index in [4.69, 9.17) is 0 Å². The molecule has 2 aliphatic heterocycles. The second kappa shape index (κ2) is 5.96. The van der Waals surface area contributed by atoms with E-state index in [9.17, 15) is 14.4 Å². The molecule has 0 aromatic heterocycles. The summed E-state index contributed by atoms with van der Waals surface area (Å²) >= 11 is 0. The van der Waals surface area contributed by atoms with E-state index < -0.39 is 0 Å². The minimum Gasteiger partial charge on any atom is -0.343 e. The molecule has 6 heteroatoms. The summed E-state index contributed by atoms with van der Waals surface area (Å²) in [6.45, 7) is 1.46. The number of amides is 4. The molecule has 4 aliphatic carbocycles. The van der Waals surface area contributed by atoms with Crippen LogP contribution < -0.4 is 5.32 Å². The number of imide groups is 1. The molecule has 2 heterocycles. The zero-order valence-electron chi connectivity index (χ0n) is 15.4. The third kappa shape index (κ3) is 2.72. The van der Waals surface area contributed by atoms with Gasteiger partial charge in [0.25, 0.3) is 0 Å². The van der Waals surface area contributed by atoms with Crippen LogP contribution in [0.5, 0.6) is 0 Å². The number of rotatable bonds is 3. The number of nitrogens with one attached hydrogen (secondary N) is 1. The molecule has 4 bridgehead atoms. The molecule has 0 aromatic carbocycles. The van der Waals surface area contributed by atoms with Gasteiger partial charge in [0, 0.05) is 25.6 Å². The summed E-state index contributed by atoms with van der Waals surface area (Å²) in [6, 6.07) is -0.318. The fourth-order valence-corrected chi connectivity index (χ4v) is 7.12. The Hall–Kier alpha value is -1.59. The van der Waals surface area contributed by atoms with Crippen LogP contribution in [0.3, 0.4) is 0 Å². The number of urea groups is 1. The molecular weight excluding hydrogens is 330 g/mol. The Morgan fingerprint density at radius 1 is 1.00 bits per heavy atom. The molecule has 142 valence electrons. The SMILES string of the molecule is O=C(CC12CC3CC(CC(C3)C1)C2)N1CCC(N2C(=O)CNC2=O)CC1. The van der Waals surface area contributed by atoms with Gasteiger partial charge in [-0.15, -0.1) is 0 Å². The number of piperidine rings is 1. The summed E-state index contributed by atoms with van der Waals surface area (Å²) in [5.41, 5.74) is 0.285. The van der Waals surface area contributed by atoms with E-state index in [0.29, 0.717) is 31.8 Å². The number of carbonyl (C=O) groups is 3. The molecule has 6 nitrogen and oxygen atoms in total. The maximum atomic E-state index is 13.0. The molecule has 6 fully saturated rings. The quantitative estimate of drug-likeness (QED) is 0.785. The number of nitrogens with zero attached hydrogens (tertiary/aromatic N) is 2. The zero-order valence-corrected chi connectivity index (χ0v) is 15.4. The highest BCUT2D eigenvalue weighted by atomic mass is 16.2. The van der Waals surface area contributed by atoms with E-state index in [1.54, 1.807) is 0 Å². The molecule has 0 radical (unpaired) electrons. The molecule has 1 N–H and O–H groups in total. The van der Waals surface area contributed by atoms with Crippen LogP contribution in [-0.2, 0) is 9.59 Å². The largest absolute Gasteiger partial charge is 0.343 e. The Bertz CT molecular complexity index is 587. The van der Waals surface area contributed by atoms with E-state index >= 15 is 0 Å². The predicted octanol–water partition coefficient (Wildman–Crippen LogP) is 2.14. The highest BCUT2D eigenvalue weighted by Gasteiger charge is 2.52. The van der Waals surface area contributed by atoms with Crippen LogP contribution in [0.4, 0.5) is 4.79 Å². The lowest BCUT2D eigenvalue weighted by Crippen LogP contribution is -2.51. The topological polar surface area (TPSA) is 69.7 Å². The molecule has 2 saturated heterocycles. The van der Waals surface area contributed by atoms with Gasteiger partial charge in [-0.3, -0.25) is 14.5 Å². The summed E-state index contributed by atoms with van der Waals surface area (Å²) in [7, 11) is 0. The summed E-state index contributed by atoms with van der Waals surface area (Å²) < 4.78 is 0. The lowest BCUT2D eigenvalue weighted by atomic mass is 9.49. The van der Waals surface area contributed by atoms with Crippen molar-refractivity contribution in [3.05, 3.63) is 0 Å². The number of hydrogen-bond acceptors (Lipinski definition) is 3. The molecular formula is C20H29N3O3. The Morgan fingerprint density at radius 3 is 2.08 bits per heavy atom. The van der Waals surface area contributed by atoms with Gasteiger partial charge in [-0.25, -0.2) is 4.79 Å². The highest BCUT2D eigenvalue weighted by molar-refractivity contribution is 6.02. The zero-order chi connectivity index (χ0) is 17.9. The minimum atomic E-state index is -0.270. The molecule has 4 saturated carbocycles. The van der Waals surface area contributed by atoms with Crippen LogP contribution in [0, 0.1) is 23.2 Å². The number of carbonyl (C=O) groups excluding carboxylic acids is 3. The van der Waals surface area contributed by atoms with Crippen LogP contribution in [0.25, 0.3) is 0 Å². The average molecular weight is 359 g/mol. The number of hydrogen-bond donors (Lipinski definition) is 1. The summed E-state index contributed by atoms with van der Waals surface area (Å²) in [5.74, 6) is 2.80. The van der Waals surface area contributed by atoms with E-state index in [0.717, 1.165) is 24.2 Å². The van der Waals surface area contributed by atoms with Gasteiger partial charge in [0.2, 0.25) is 11.8 Å². The fourth-order valence-electron chi connectivity index (χ4n) is 7.12. The molecule has 6 aliphatic rings. The lowest BCUT2D eigenvalue weighted by molar-refractivity contribution is -0.141. The molecule has 0 spiro atoms. The van der Waals surface area contributed by atoms with E-state index in [2.05, 4.69) is 5.32 Å². The van der Waals surface area contributed by atoms with Crippen molar-refractivity contribution in [2.75, 3.05) is 19.6 Å². The Morgan fingerprint density at radius 2 is 1.58 bits per heavy atom. The molecule has 0 unspecified atom stereocenters. The van der Waals surface area contributed by atoms with Gasteiger partial charge >= 0.3 is 6.03 Å². The second-order valence-electron chi connectivity index (χ2n) is 9.63. The van der Waals surface area contributed by atoms with Crippen molar-refractivity contribution in [2.24, 2.45) is 23.2 Å². The van der Waals surface area contributed by atoms with Gasteiger partial charge in [-0.05, 0) is 74.5 Å². The van der Waals surface area contributed by atoms with Gasteiger partial charge in [-0.2, -0.15) is 0 Å². The van der Waals surface area contributed by atoms with Gasteiger partial charge in [0.15, 0.2) is 0 Å². The second-order valence-corrected chi connectivity index (χ2v) is 9.63. The van der Waals surface area contributed by atoms with Crippen molar-refractivity contribution >= 4 is 17.8 Å². The normalized spacial score (nSPS) is 39.6. The third-order valence-corrected chi connectivity index (χ3v) is 7.75. The van der Waals surface area contributed by atoms with Gasteiger partial charge < -0.3 is 10.2 Å². The van der Waals surface area contributed by atoms with Crippen molar-refractivity contribution in [1.29, 1.82) is 0 Å². The van der Waals surface area contributed by atoms with Crippen LogP contribution in [-0.4, -0.2) is 53.3 Å². The molecule has 4 amide bonds. The predicted molar refractivity (Wildman–Crippen MR) is 95.1 cm³/mol. The van der Waals surface area contributed by atoms with E-state index in [1.165, 1.54) is 43.4 Å². The summed E-state index contributed by atoms with van der Waals surface area (Å²) in [6.07, 6.45) is 10.2. The lowest BCUT2D eigenvalue weighted by Gasteiger charge is -2.57. The molecule has 6 rings (SSSR count). The average Bonchev–Trinajstić information content (AvgIpc) is 2.92. The van der Waals surface area contributed by atoms with Crippen LogP contribution in [0.2, 0.25) is 0 Å². The summed E-state index contributed by atoms with van der Waals surface area (Å²) in [5, 5.41) is 2.59. The maximum absolute atomic E-state index is 13.0. The maximum Gasteiger partial charge on any atom is 0.324 e. The first-order valence-corrected chi connectivity index (χ1v) is 10.4. The first-order valence-electron chi connectivity index (χ1n) is 10.4. The fraction of sp³-hybridized carbons (Fsp3) is 0.850. The molecule has 26 heavy (non-hydrogen) atoms. The van der Waals surface area contributed by atoms with Gasteiger partial charge in [-0.1, -0.05) is 0 Å². The van der Waals surface area contributed by atoms with E-state index in [1.807, 2.05) is 4.90 Å². The van der Waals surface area contributed by atoms with Gasteiger partial charge in [0.1, 0.15) is 0 Å². The van der Waals surface area contributed by atoms with Crippen molar-refractivity contribution in [2.45, 2.75) is 63.8 Å². The van der Waals surface area contributed by atoms with Gasteiger partial charge in [0.05, 0.1) is 6.54 Å². The first-order chi connectivity index (χ1) is 12.5. The van der Waals surface area contributed by atoms with Crippen molar-refractivity contribution in [1.82, 2.24) is 15.1 Å². The van der Waals surface area contributed by atoms with Crippen LogP contribution in [0.1, 0.15) is 57.8 Å². The molecule has 0 aromatic rings. The van der Waals surface area contributed by atoms with Crippen molar-refractivity contribution in [3.8, 4) is 0 Å². The third-order valence-electron chi connectivity index (χ3n) is 7.75. The smallest absolute Gasteiger partial charge is 0.324 e. The van der Waals surface area contributed by atoms with Crippen molar-refractivity contribution in [3.63, 3.8) is 0 Å². The Labute approximate surface area is 154 Å². The standard InChI is InChI=1S/C20H29N3O3/c24-17(11-20-8-13-5-14(9-20)7-15(6-13)10-20)22-3-1-16(2-4-22)23-18(25)12-21-19(23)26/h13-16H,1-12H2,(H,21,26). The van der Waals surface area contributed by atoms with Crippen LogP contribution >= 0.6 is 0 Å². The molecule has 0 atom stereocenters. The first kappa shape index (κ1) is 16.6. The highest BCUT2D eigenvalue weighted by Crippen LogP contribution is 2.61. The minimum absolute atomic E-state index is 0.0476. The Balaban J connectivity index is 1.19. The van der Waals surface area contributed by atoms with Crippen molar-refractivity contribution < 1.29 is 14.4 Å². The Kier molecular flexibility index (Phi) is 3.80. The number of likely N-dealkylation sites (tertiary alicyclic amines) is 1. The van der Waals surface area contributed by atoms with E-state index in [-0.39, 0.29) is 29.9 Å².